The van der Waals surface area contributed by atoms with Crippen molar-refractivity contribution >= 4 is 0 Å². The SMILES string of the molecule is C1CNC2OCCCC2C1. The summed E-state index contributed by atoms with van der Waals surface area (Å²) in [7, 11) is 0. The summed E-state index contributed by atoms with van der Waals surface area (Å²) in [6.07, 6.45) is 5.76. The predicted molar refractivity (Wildman–Crippen MR) is 39.7 cm³/mol. The molecule has 2 unspecified atom stereocenters. The number of piperidine rings is 1. The summed E-state index contributed by atoms with van der Waals surface area (Å²) < 4.78 is 5.57. The topological polar surface area (TPSA) is 21.3 Å². The molecule has 10 heavy (non-hydrogen) atoms. The minimum atomic E-state index is 0.405. The van der Waals surface area contributed by atoms with Gasteiger partial charge in [0, 0.05) is 6.61 Å². The Hall–Kier alpha value is -0.0800. The van der Waals surface area contributed by atoms with Gasteiger partial charge in [-0.25, -0.2) is 0 Å². The van der Waals surface area contributed by atoms with E-state index in [0.717, 1.165) is 19.1 Å². The largest absolute Gasteiger partial charge is 0.363 e. The molecule has 2 fully saturated rings. The van der Waals surface area contributed by atoms with Gasteiger partial charge in [-0.15, -0.1) is 0 Å². The molecular formula is C8H15NO. The first kappa shape index (κ1) is 6.62. The third kappa shape index (κ3) is 1.18. The van der Waals surface area contributed by atoms with Crippen molar-refractivity contribution in [1.29, 1.82) is 0 Å². The lowest BCUT2D eigenvalue weighted by atomic mass is 9.91. The monoisotopic (exact) mass is 141 g/mol. The van der Waals surface area contributed by atoms with Gasteiger partial charge in [-0.3, -0.25) is 5.32 Å². The average molecular weight is 141 g/mol. The Balaban J connectivity index is 1.93. The fraction of sp³-hybridized carbons (Fsp3) is 1.00. The summed E-state index contributed by atoms with van der Waals surface area (Å²) in [5, 5.41) is 3.40. The summed E-state index contributed by atoms with van der Waals surface area (Å²) in [4.78, 5) is 0. The van der Waals surface area contributed by atoms with Crippen molar-refractivity contribution in [2.45, 2.75) is 31.9 Å². The Morgan fingerprint density at radius 2 is 2.10 bits per heavy atom. The third-order valence-electron chi connectivity index (χ3n) is 2.54. The van der Waals surface area contributed by atoms with Gasteiger partial charge in [0.15, 0.2) is 0 Å². The van der Waals surface area contributed by atoms with Gasteiger partial charge in [0.05, 0.1) is 0 Å². The highest BCUT2D eigenvalue weighted by atomic mass is 16.5. The van der Waals surface area contributed by atoms with Gasteiger partial charge in [-0.05, 0) is 38.1 Å². The van der Waals surface area contributed by atoms with Crippen molar-refractivity contribution in [2.75, 3.05) is 13.2 Å². The standard InChI is InChI=1S/C8H15NO/c1-3-7-4-2-6-10-8(7)9-5-1/h7-9H,1-6H2. The average Bonchev–Trinajstić information content (AvgIpc) is 2.05. The molecule has 0 aromatic carbocycles. The van der Waals surface area contributed by atoms with Crippen molar-refractivity contribution in [3.63, 3.8) is 0 Å². The van der Waals surface area contributed by atoms with Crippen LogP contribution < -0.4 is 5.32 Å². The lowest BCUT2D eigenvalue weighted by Crippen LogP contribution is -2.45. The zero-order valence-corrected chi connectivity index (χ0v) is 6.31. The van der Waals surface area contributed by atoms with Crippen LogP contribution in [-0.2, 0) is 4.74 Å². The van der Waals surface area contributed by atoms with Crippen LogP contribution >= 0.6 is 0 Å². The molecule has 2 aliphatic rings. The molecule has 0 aromatic heterocycles. The zero-order chi connectivity index (χ0) is 6.81. The minimum Gasteiger partial charge on any atom is -0.363 e. The van der Waals surface area contributed by atoms with E-state index in [4.69, 9.17) is 4.74 Å². The molecule has 2 heteroatoms. The second-order valence-electron chi connectivity index (χ2n) is 3.29. The van der Waals surface area contributed by atoms with Crippen LogP contribution in [0.3, 0.4) is 0 Å². The molecule has 1 N–H and O–H groups in total. The highest BCUT2D eigenvalue weighted by Gasteiger charge is 2.27. The lowest BCUT2D eigenvalue weighted by molar-refractivity contribution is -0.0609. The Bertz CT molecular complexity index is 89.8. The molecule has 0 spiro atoms. The van der Waals surface area contributed by atoms with Crippen molar-refractivity contribution in [3.05, 3.63) is 0 Å². The number of fused-ring (bicyclic) bond motifs is 1. The van der Waals surface area contributed by atoms with E-state index >= 15 is 0 Å². The van der Waals surface area contributed by atoms with Gasteiger partial charge in [0.25, 0.3) is 0 Å². The Kier molecular flexibility index (Phi) is 1.91. The van der Waals surface area contributed by atoms with Gasteiger partial charge in [0.1, 0.15) is 6.23 Å². The fourth-order valence-corrected chi connectivity index (χ4v) is 1.97. The zero-order valence-electron chi connectivity index (χ0n) is 6.31. The van der Waals surface area contributed by atoms with Crippen LogP contribution in [0.2, 0.25) is 0 Å². The normalized spacial score (nSPS) is 40.8. The second kappa shape index (κ2) is 2.89. The first-order chi connectivity index (χ1) is 4.97. The highest BCUT2D eigenvalue weighted by molar-refractivity contribution is 4.77. The van der Waals surface area contributed by atoms with Crippen molar-refractivity contribution in [3.8, 4) is 0 Å². The van der Waals surface area contributed by atoms with Gasteiger partial charge < -0.3 is 4.74 Å². The predicted octanol–water partition coefficient (Wildman–Crippen LogP) is 1.12. The summed E-state index contributed by atoms with van der Waals surface area (Å²) in [6.45, 7) is 2.12. The number of rotatable bonds is 0. The molecule has 2 heterocycles. The molecule has 2 atom stereocenters. The first-order valence-corrected chi connectivity index (χ1v) is 4.32. The number of hydrogen-bond donors (Lipinski definition) is 1. The second-order valence-corrected chi connectivity index (χ2v) is 3.29. The van der Waals surface area contributed by atoms with E-state index in [9.17, 15) is 0 Å². The molecule has 0 aliphatic carbocycles. The van der Waals surface area contributed by atoms with Crippen LogP contribution in [0.5, 0.6) is 0 Å². The van der Waals surface area contributed by atoms with Crippen LogP contribution in [0.4, 0.5) is 0 Å². The van der Waals surface area contributed by atoms with Crippen LogP contribution in [0.1, 0.15) is 25.7 Å². The van der Waals surface area contributed by atoms with E-state index in [2.05, 4.69) is 5.32 Å². The van der Waals surface area contributed by atoms with E-state index in [0.29, 0.717) is 6.23 Å². The maximum atomic E-state index is 5.57. The van der Waals surface area contributed by atoms with Gasteiger partial charge in [-0.2, -0.15) is 0 Å². The van der Waals surface area contributed by atoms with E-state index < -0.39 is 0 Å². The van der Waals surface area contributed by atoms with Crippen LogP contribution in [0, 0.1) is 5.92 Å². The Morgan fingerprint density at radius 1 is 1.20 bits per heavy atom. The summed E-state index contributed by atoms with van der Waals surface area (Å²) >= 11 is 0. The van der Waals surface area contributed by atoms with Crippen molar-refractivity contribution in [1.82, 2.24) is 5.32 Å². The molecule has 58 valence electrons. The maximum absolute atomic E-state index is 5.57. The first-order valence-electron chi connectivity index (χ1n) is 4.32. The molecule has 2 nitrogen and oxygen atoms in total. The third-order valence-corrected chi connectivity index (χ3v) is 2.54. The van der Waals surface area contributed by atoms with E-state index in [-0.39, 0.29) is 0 Å². The molecule has 0 radical (unpaired) electrons. The van der Waals surface area contributed by atoms with Crippen LogP contribution in [0.25, 0.3) is 0 Å². The molecule has 0 saturated carbocycles. The number of hydrogen-bond acceptors (Lipinski definition) is 2. The Labute approximate surface area is 61.9 Å². The number of nitrogens with one attached hydrogen (secondary N) is 1. The van der Waals surface area contributed by atoms with E-state index in [1.54, 1.807) is 0 Å². The molecule has 2 rings (SSSR count). The summed E-state index contributed by atoms with van der Waals surface area (Å²) in [5.74, 6) is 0.822. The molecule has 0 amide bonds. The van der Waals surface area contributed by atoms with Crippen LogP contribution in [-0.4, -0.2) is 19.4 Å². The van der Waals surface area contributed by atoms with Crippen molar-refractivity contribution < 1.29 is 4.74 Å². The highest BCUT2D eigenvalue weighted by Crippen LogP contribution is 2.25. The fourth-order valence-electron chi connectivity index (χ4n) is 1.97. The van der Waals surface area contributed by atoms with Crippen molar-refractivity contribution in [2.24, 2.45) is 5.92 Å². The van der Waals surface area contributed by atoms with E-state index in [1.165, 1.54) is 25.7 Å². The number of ether oxygens (including phenoxy) is 1. The summed E-state index contributed by atoms with van der Waals surface area (Å²) in [6, 6.07) is 0. The van der Waals surface area contributed by atoms with E-state index in [1.807, 2.05) is 0 Å². The van der Waals surface area contributed by atoms with Gasteiger partial charge in [-0.1, -0.05) is 0 Å². The smallest absolute Gasteiger partial charge is 0.110 e. The van der Waals surface area contributed by atoms with Gasteiger partial charge >= 0.3 is 0 Å². The lowest BCUT2D eigenvalue weighted by Gasteiger charge is -2.35. The molecule has 2 saturated heterocycles. The molecule has 0 aromatic rings. The van der Waals surface area contributed by atoms with Gasteiger partial charge in [0.2, 0.25) is 0 Å². The van der Waals surface area contributed by atoms with Crippen LogP contribution in [0.15, 0.2) is 0 Å². The maximum Gasteiger partial charge on any atom is 0.110 e. The Morgan fingerprint density at radius 3 is 3.00 bits per heavy atom. The molecular weight excluding hydrogens is 126 g/mol. The minimum absolute atomic E-state index is 0.405. The molecule has 2 aliphatic heterocycles. The summed E-state index contributed by atoms with van der Waals surface area (Å²) in [5.41, 5.74) is 0. The molecule has 0 bridgehead atoms. The quantitative estimate of drug-likeness (QED) is 0.546.